The number of ether oxygens (including phenoxy) is 3. The second kappa shape index (κ2) is 7.75. The summed E-state index contributed by atoms with van der Waals surface area (Å²) in [7, 11) is 1.46. The van der Waals surface area contributed by atoms with Gasteiger partial charge in [-0.1, -0.05) is 25.4 Å². The molecule has 21 heavy (non-hydrogen) atoms. The van der Waals surface area contributed by atoms with Crippen molar-refractivity contribution in [3.05, 3.63) is 22.7 Å². The van der Waals surface area contributed by atoms with Crippen LogP contribution < -0.4 is 9.47 Å². The van der Waals surface area contributed by atoms with Crippen LogP contribution in [0.25, 0.3) is 0 Å². The molecule has 0 aliphatic rings. The third-order valence-electron chi connectivity index (χ3n) is 2.49. The van der Waals surface area contributed by atoms with Crippen LogP contribution >= 0.6 is 11.6 Å². The van der Waals surface area contributed by atoms with Gasteiger partial charge in [-0.2, -0.15) is 5.26 Å². The molecule has 0 amide bonds. The number of nitriles is 1. The molecule has 0 fully saturated rings. The first-order valence-corrected chi connectivity index (χ1v) is 6.87. The normalized spacial score (nSPS) is 11.7. The van der Waals surface area contributed by atoms with Gasteiger partial charge in [0.05, 0.1) is 24.3 Å². The van der Waals surface area contributed by atoms with Gasteiger partial charge in [-0.3, -0.25) is 0 Å². The van der Waals surface area contributed by atoms with E-state index in [9.17, 15) is 4.79 Å². The number of nitrogens with zero attached hydrogens (tertiary/aromatic N) is 1. The molecule has 0 aliphatic heterocycles. The van der Waals surface area contributed by atoms with Crippen LogP contribution in [0.15, 0.2) is 12.1 Å². The minimum atomic E-state index is -0.834. The highest BCUT2D eigenvalue weighted by atomic mass is 35.5. The van der Waals surface area contributed by atoms with E-state index < -0.39 is 12.1 Å². The van der Waals surface area contributed by atoms with Gasteiger partial charge in [0, 0.05) is 0 Å². The summed E-state index contributed by atoms with van der Waals surface area (Å²) < 4.78 is 15.7. The molecule has 0 aliphatic carbocycles. The van der Waals surface area contributed by atoms with Crippen molar-refractivity contribution in [2.45, 2.75) is 26.9 Å². The fourth-order valence-corrected chi connectivity index (χ4v) is 1.75. The molecule has 0 saturated heterocycles. The van der Waals surface area contributed by atoms with Crippen LogP contribution in [0.2, 0.25) is 5.02 Å². The van der Waals surface area contributed by atoms with Gasteiger partial charge in [0.2, 0.25) is 0 Å². The molecule has 1 aromatic rings. The van der Waals surface area contributed by atoms with E-state index in [1.54, 1.807) is 0 Å². The summed E-state index contributed by atoms with van der Waals surface area (Å²) in [6.07, 6.45) is -0.834. The molecule has 1 atom stereocenters. The molecular weight excluding hydrogens is 294 g/mol. The zero-order chi connectivity index (χ0) is 16.0. The van der Waals surface area contributed by atoms with Gasteiger partial charge in [-0.25, -0.2) is 4.79 Å². The topological polar surface area (TPSA) is 68.5 Å². The van der Waals surface area contributed by atoms with Crippen molar-refractivity contribution in [1.82, 2.24) is 0 Å². The zero-order valence-electron chi connectivity index (χ0n) is 12.5. The van der Waals surface area contributed by atoms with Crippen LogP contribution in [0.4, 0.5) is 0 Å². The van der Waals surface area contributed by atoms with Crippen molar-refractivity contribution in [3.63, 3.8) is 0 Å². The Morgan fingerprint density at radius 2 is 2.05 bits per heavy atom. The standard InChI is InChI=1S/C15H18ClNO4/c1-9(2)8-20-14-12(16)5-11(6-13(14)19-4)15(18)21-10(3)7-17/h5-6,9-10H,8H2,1-4H3. The SMILES string of the molecule is COc1cc(C(=O)OC(C)C#N)cc(Cl)c1OCC(C)C. The van der Waals surface area contributed by atoms with E-state index >= 15 is 0 Å². The molecule has 1 unspecified atom stereocenters. The fraction of sp³-hybridized carbons (Fsp3) is 0.467. The van der Waals surface area contributed by atoms with Gasteiger partial charge >= 0.3 is 5.97 Å². The van der Waals surface area contributed by atoms with Crippen molar-refractivity contribution < 1.29 is 19.0 Å². The zero-order valence-corrected chi connectivity index (χ0v) is 13.2. The van der Waals surface area contributed by atoms with E-state index in [2.05, 4.69) is 0 Å². The van der Waals surface area contributed by atoms with Gasteiger partial charge in [0.1, 0.15) is 6.07 Å². The highest BCUT2D eigenvalue weighted by Crippen LogP contribution is 2.37. The second-order valence-corrected chi connectivity index (χ2v) is 5.28. The third-order valence-corrected chi connectivity index (χ3v) is 2.77. The van der Waals surface area contributed by atoms with E-state index in [-0.39, 0.29) is 10.6 Å². The van der Waals surface area contributed by atoms with E-state index in [4.69, 9.17) is 31.1 Å². The summed E-state index contributed by atoms with van der Waals surface area (Å²) in [5, 5.41) is 8.91. The number of esters is 1. The van der Waals surface area contributed by atoms with Crippen molar-refractivity contribution in [1.29, 1.82) is 5.26 Å². The average molecular weight is 312 g/mol. The van der Waals surface area contributed by atoms with Crippen LogP contribution in [0, 0.1) is 17.2 Å². The quantitative estimate of drug-likeness (QED) is 0.753. The number of benzene rings is 1. The van der Waals surface area contributed by atoms with E-state index in [1.165, 1.54) is 26.2 Å². The van der Waals surface area contributed by atoms with Crippen LogP contribution in [0.5, 0.6) is 11.5 Å². The third kappa shape index (κ3) is 4.83. The first kappa shape index (κ1) is 17.1. The number of rotatable bonds is 6. The molecule has 1 rings (SSSR count). The summed E-state index contributed by atoms with van der Waals surface area (Å²) in [5.41, 5.74) is 0.204. The predicted molar refractivity (Wildman–Crippen MR) is 78.8 cm³/mol. The molecule has 5 nitrogen and oxygen atoms in total. The minimum Gasteiger partial charge on any atom is -0.493 e. The first-order chi connectivity index (χ1) is 9.88. The van der Waals surface area contributed by atoms with Crippen molar-refractivity contribution >= 4 is 17.6 Å². The van der Waals surface area contributed by atoms with Gasteiger partial charge in [0.15, 0.2) is 17.6 Å². The number of carbonyl (C=O) groups is 1. The number of hydrogen-bond acceptors (Lipinski definition) is 5. The van der Waals surface area contributed by atoms with Gasteiger partial charge in [-0.05, 0) is 25.0 Å². The highest BCUT2D eigenvalue weighted by molar-refractivity contribution is 6.32. The molecule has 6 heteroatoms. The lowest BCUT2D eigenvalue weighted by molar-refractivity contribution is 0.0435. The predicted octanol–water partition coefficient (Wildman–Crippen LogP) is 3.45. The van der Waals surface area contributed by atoms with Gasteiger partial charge < -0.3 is 14.2 Å². The Bertz CT molecular complexity index is 551. The number of halogens is 1. The molecule has 1 aromatic carbocycles. The fourth-order valence-electron chi connectivity index (χ4n) is 1.48. The Balaban J connectivity index is 3.03. The van der Waals surface area contributed by atoms with Crippen molar-refractivity contribution in [2.75, 3.05) is 13.7 Å². The Morgan fingerprint density at radius 3 is 2.57 bits per heavy atom. The number of methoxy groups -OCH3 is 1. The summed E-state index contributed by atoms with van der Waals surface area (Å²) in [6, 6.07) is 4.74. The lowest BCUT2D eigenvalue weighted by atomic mass is 10.2. The van der Waals surface area contributed by atoms with Gasteiger partial charge in [0.25, 0.3) is 0 Å². The highest BCUT2D eigenvalue weighted by Gasteiger charge is 2.18. The smallest absolute Gasteiger partial charge is 0.339 e. The number of carbonyl (C=O) groups excluding carboxylic acids is 1. The molecule has 0 N–H and O–H groups in total. The Kier molecular flexibility index (Phi) is 6.32. The first-order valence-electron chi connectivity index (χ1n) is 6.50. The Morgan fingerprint density at radius 1 is 1.38 bits per heavy atom. The molecule has 0 heterocycles. The Hall–Kier alpha value is -1.93. The molecular formula is C15H18ClNO4. The lowest BCUT2D eigenvalue weighted by Gasteiger charge is -2.15. The Labute approximate surface area is 129 Å². The summed E-state index contributed by atoms with van der Waals surface area (Å²) in [6.45, 7) is 5.98. The number of hydrogen-bond donors (Lipinski definition) is 0. The molecule has 0 spiro atoms. The summed E-state index contributed by atoms with van der Waals surface area (Å²) in [4.78, 5) is 11.9. The molecule has 0 bridgehead atoms. The van der Waals surface area contributed by atoms with E-state index in [0.29, 0.717) is 24.0 Å². The average Bonchev–Trinajstić information content (AvgIpc) is 2.44. The maximum absolute atomic E-state index is 11.9. The summed E-state index contributed by atoms with van der Waals surface area (Å²) >= 11 is 6.13. The molecule has 0 radical (unpaired) electrons. The van der Waals surface area contributed by atoms with Crippen LogP contribution in [-0.2, 0) is 4.74 Å². The minimum absolute atomic E-state index is 0.204. The van der Waals surface area contributed by atoms with Gasteiger partial charge in [-0.15, -0.1) is 0 Å². The van der Waals surface area contributed by atoms with E-state index in [0.717, 1.165) is 0 Å². The molecule has 0 aromatic heterocycles. The summed E-state index contributed by atoms with van der Waals surface area (Å²) in [5.74, 6) is 0.420. The molecule has 0 saturated carbocycles. The lowest BCUT2D eigenvalue weighted by Crippen LogP contribution is -2.13. The van der Waals surface area contributed by atoms with Crippen molar-refractivity contribution in [3.8, 4) is 17.6 Å². The maximum atomic E-state index is 11.9. The largest absolute Gasteiger partial charge is 0.493 e. The van der Waals surface area contributed by atoms with Crippen LogP contribution in [0.1, 0.15) is 31.1 Å². The second-order valence-electron chi connectivity index (χ2n) is 4.87. The van der Waals surface area contributed by atoms with Crippen LogP contribution in [-0.4, -0.2) is 25.8 Å². The van der Waals surface area contributed by atoms with Crippen LogP contribution in [0.3, 0.4) is 0 Å². The maximum Gasteiger partial charge on any atom is 0.339 e. The van der Waals surface area contributed by atoms with E-state index in [1.807, 2.05) is 19.9 Å². The van der Waals surface area contributed by atoms with Crippen molar-refractivity contribution in [2.24, 2.45) is 5.92 Å². The monoisotopic (exact) mass is 311 g/mol. The molecule has 114 valence electrons.